The number of carbonyl (C=O) groups is 3. The van der Waals surface area contributed by atoms with E-state index in [-0.39, 0.29) is 43.8 Å². The summed E-state index contributed by atoms with van der Waals surface area (Å²) in [5.74, 6) is -0.647. The number of likely N-dealkylation sites (tertiary alicyclic amines) is 1. The van der Waals surface area contributed by atoms with E-state index in [1.165, 1.54) is 13.1 Å². The molecular weight excluding hydrogens is 430 g/mol. The molecule has 2 aliphatic rings. The van der Waals surface area contributed by atoms with Crippen LogP contribution in [-0.2, 0) is 27.5 Å². The fraction of sp³-hybridized carbons (Fsp3) is 0.524. The summed E-state index contributed by atoms with van der Waals surface area (Å²) < 4.78 is 13.5. The van der Waals surface area contributed by atoms with Gasteiger partial charge in [0, 0.05) is 26.2 Å². The van der Waals surface area contributed by atoms with E-state index in [1.807, 2.05) is 0 Å². The molecule has 0 aliphatic carbocycles. The highest BCUT2D eigenvalue weighted by molar-refractivity contribution is 5.95. The minimum absolute atomic E-state index is 0.149. The molecule has 0 spiro atoms. The fourth-order valence-electron chi connectivity index (χ4n) is 4.01. The number of rotatable bonds is 2. The Morgan fingerprint density at radius 3 is 2.91 bits per heavy atom. The molecule has 0 saturated carbocycles. The topological polar surface area (TPSA) is 141 Å². The van der Waals surface area contributed by atoms with Gasteiger partial charge in [-0.15, -0.1) is 5.10 Å². The van der Waals surface area contributed by atoms with Gasteiger partial charge in [0.25, 0.3) is 5.91 Å². The molecular formula is C21H27N7O5. The second-order valence-corrected chi connectivity index (χ2v) is 8.62. The van der Waals surface area contributed by atoms with Gasteiger partial charge in [-0.3, -0.25) is 14.4 Å². The van der Waals surface area contributed by atoms with E-state index in [0.29, 0.717) is 18.0 Å². The maximum Gasteiger partial charge on any atom is 0.274 e. The van der Waals surface area contributed by atoms with Gasteiger partial charge < -0.3 is 25.0 Å². The third kappa shape index (κ3) is 5.11. The number of hydrogen-bond donors (Lipinski definition) is 2. The molecule has 1 saturated heterocycles. The quantitative estimate of drug-likeness (QED) is 0.615. The van der Waals surface area contributed by atoms with Crippen LogP contribution in [0.4, 0.5) is 0 Å². The first kappa shape index (κ1) is 22.6. The standard InChI is InChI=1S/C21H27N7O5/c1-13(29)24-21(2,3)20(31)27-10-15-17(11-27)33-12-14-9-28(26-25-14)7-8-32-16-5-4-6-22-18(16)19(30)23-15/h4-6,9,15,17H,7-8,10-12H2,1-3H3,(H,23,30)(H,24,29)/t15-,17-/m0/s1. The summed E-state index contributed by atoms with van der Waals surface area (Å²) in [4.78, 5) is 43.5. The molecule has 176 valence electrons. The summed E-state index contributed by atoms with van der Waals surface area (Å²) in [6.45, 7) is 6.00. The first-order valence-corrected chi connectivity index (χ1v) is 10.7. The number of fused-ring (bicyclic) bond motifs is 4. The third-order valence-electron chi connectivity index (χ3n) is 5.49. The minimum atomic E-state index is -1.10. The third-order valence-corrected chi connectivity index (χ3v) is 5.49. The Balaban J connectivity index is 1.59. The van der Waals surface area contributed by atoms with Gasteiger partial charge in [0.05, 0.1) is 31.5 Å². The molecule has 4 heterocycles. The first-order chi connectivity index (χ1) is 15.7. The monoisotopic (exact) mass is 457 g/mol. The summed E-state index contributed by atoms with van der Waals surface area (Å²) in [6.07, 6.45) is 2.79. The van der Waals surface area contributed by atoms with Crippen molar-refractivity contribution in [2.45, 2.75) is 51.6 Å². The summed E-state index contributed by atoms with van der Waals surface area (Å²) in [7, 11) is 0. The predicted octanol–water partition coefficient (Wildman–Crippen LogP) is -0.494. The first-order valence-electron chi connectivity index (χ1n) is 10.7. The highest BCUT2D eigenvalue weighted by Crippen LogP contribution is 2.22. The summed E-state index contributed by atoms with van der Waals surface area (Å²) in [5, 5.41) is 13.8. The molecule has 12 heteroatoms. The van der Waals surface area contributed by atoms with Crippen LogP contribution in [0.1, 0.15) is 37.0 Å². The zero-order valence-electron chi connectivity index (χ0n) is 18.8. The van der Waals surface area contributed by atoms with Crippen LogP contribution in [0.25, 0.3) is 0 Å². The number of ether oxygens (including phenoxy) is 2. The number of aromatic nitrogens is 4. The Hall–Kier alpha value is -3.54. The van der Waals surface area contributed by atoms with Crippen LogP contribution in [0.3, 0.4) is 0 Å². The zero-order chi connectivity index (χ0) is 23.6. The number of amides is 3. The van der Waals surface area contributed by atoms with Crippen molar-refractivity contribution in [2.24, 2.45) is 0 Å². The van der Waals surface area contributed by atoms with Gasteiger partial charge in [-0.25, -0.2) is 9.67 Å². The number of pyridine rings is 1. The van der Waals surface area contributed by atoms with Crippen LogP contribution >= 0.6 is 0 Å². The molecule has 3 amide bonds. The largest absolute Gasteiger partial charge is 0.489 e. The number of hydrogen-bond acceptors (Lipinski definition) is 8. The van der Waals surface area contributed by atoms with Crippen LogP contribution in [0, 0.1) is 0 Å². The number of carbonyl (C=O) groups excluding carboxylic acids is 3. The van der Waals surface area contributed by atoms with Gasteiger partial charge in [0.15, 0.2) is 11.4 Å². The average molecular weight is 457 g/mol. The van der Waals surface area contributed by atoms with Crippen molar-refractivity contribution in [2.75, 3.05) is 19.7 Å². The Labute approximate surface area is 190 Å². The highest BCUT2D eigenvalue weighted by atomic mass is 16.5. The Morgan fingerprint density at radius 1 is 1.30 bits per heavy atom. The molecule has 0 radical (unpaired) electrons. The highest BCUT2D eigenvalue weighted by Gasteiger charge is 2.42. The lowest BCUT2D eigenvalue weighted by molar-refractivity contribution is -0.139. The smallest absolute Gasteiger partial charge is 0.274 e. The van der Waals surface area contributed by atoms with Crippen molar-refractivity contribution in [1.82, 2.24) is 35.5 Å². The summed E-state index contributed by atoms with van der Waals surface area (Å²) >= 11 is 0. The lowest BCUT2D eigenvalue weighted by Gasteiger charge is -2.29. The van der Waals surface area contributed by atoms with Gasteiger partial charge >= 0.3 is 0 Å². The van der Waals surface area contributed by atoms with E-state index in [2.05, 4.69) is 25.9 Å². The van der Waals surface area contributed by atoms with Crippen LogP contribution in [0.2, 0.25) is 0 Å². The normalized spacial score (nSPS) is 21.2. The van der Waals surface area contributed by atoms with Gasteiger partial charge in [0.2, 0.25) is 11.8 Å². The van der Waals surface area contributed by atoms with E-state index in [0.717, 1.165) is 0 Å². The molecule has 2 bridgehead atoms. The van der Waals surface area contributed by atoms with Crippen molar-refractivity contribution in [3.8, 4) is 5.75 Å². The number of nitrogens with one attached hydrogen (secondary N) is 2. The SMILES string of the molecule is CC(=O)NC(C)(C)C(=O)N1C[C@@H]2NC(=O)c3ncccc3OCCn3cc(nn3)CO[C@H]2C1. The van der Waals surface area contributed by atoms with Crippen molar-refractivity contribution in [3.63, 3.8) is 0 Å². The van der Waals surface area contributed by atoms with Crippen LogP contribution in [0.15, 0.2) is 24.5 Å². The zero-order valence-corrected chi connectivity index (χ0v) is 18.8. The molecule has 0 unspecified atom stereocenters. The molecule has 4 rings (SSSR count). The molecule has 0 aromatic carbocycles. The second kappa shape index (κ2) is 9.14. The lowest BCUT2D eigenvalue weighted by atomic mass is 10.0. The average Bonchev–Trinajstić information content (AvgIpc) is 3.37. The lowest BCUT2D eigenvalue weighted by Crippen LogP contribution is -2.55. The Bertz CT molecular complexity index is 1050. The van der Waals surface area contributed by atoms with Crippen LogP contribution in [-0.4, -0.2) is 80.0 Å². The van der Waals surface area contributed by atoms with Crippen molar-refractivity contribution < 1.29 is 23.9 Å². The van der Waals surface area contributed by atoms with Gasteiger partial charge in [-0.05, 0) is 26.0 Å². The minimum Gasteiger partial charge on any atom is -0.489 e. The van der Waals surface area contributed by atoms with E-state index in [4.69, 9.17) is 9.47 Å². The maximum atomic E-state index is 13.1. The molecule has 2 aromatic heterocycles. The molecule has 1 fully saturated rings. The Morgan fingerprint density at radius 2 is 2.12 bits per heavy atom. The van der Waals surface area contributed by atoms with Crippen molar-refractivity contribution in [1.29, 1.82) is 0 Å². The van der Waals surface area contributed by atoms with E-state index in [1.54, 1.807) is 41.8 Å². The van der Waals surface area contributed by atoms with E-state index < -0.39 is 23.6 Å². The molecule has 2 aromatic rings. The summed E-state index contributed by atoms with van der Waals surface area (Å²) in [6, 6.07) is 2.87. The van der Waals surface area contributed by atoms with Crippen LogP contribution < -0.4 is 15.4 Å². The number of nitrogens with zero attached hydrogens (tertiary/aromatic N) is 5. The van der Waals surface area contributed by atoms with Gasteiger partial charge in [0.1, 0.15) is 17.8 Å². The fourth-order valence-corrected chi connectivity index (χ4v) is 4.01. The molecule has 12 nitrogen and oxygen atoms in total. The van der Waals surface area contributed by atoms with E-state index >= 15 is 0 Å². The molecule has 2 aliphatic heterocycles. The Kier molecular flexibility index (Phi) is 6.27. The van der Waals surface area contributed by atoms with Crippen molar-refractivity contribution >= 4 is 17.7 Å². The van der Waals surface area contributed by atoms with Gasteiger partial charge in [-0.1, -0.05) is 5.21 Å². The predicted molar refractivity (Wildman–Crippen MR) is 114 cm³/mol. The van der Waals surface area contributed by atoms with E-state index in [9.17, 15) is 14.4 Å². The maximum absolute atomic E-state index is 13.1. The van der Waals surface area contributed by atoms with Gasteiger partial charge in [-0.2, -0.15) is 0 Å². The second-order valence-electron chi connectivity index (χ2n) is 8.62. The summed E-state index contributed by atoms with van der Waals surface area (Å²) in [5.41, 5.74) is -0.322. The molecule has 2 N–H and O–H groups in total. The van der Waals surface area contributed by atoms with Crippen molar-refractivity contribution in [3.05, 3.63) is 35.9 Å². The molecule has 33 heavy (non-hydrogen) atoms. The van der Waals surface area contributed by atoms with Crippen LogP contribution in [0.5, 0.6) is 5.75 Å². The molecule has 2 atom stereocenters.